The lowest BCUT2D eigenvalue weighted by atomic mass is 9.69. The van der Waals surface area contributed by atoms with Crippen molar-refractivity contribution in [3.63, 3.8) is 0 Å². The number of nitrogens with one attached hydrogen (secondary N) is 1. The minimum Gasteiger partial charge on any atom is -0.323 e. The van der Waals surface area contributed by atoms with Crippen LogP contribution in [0.1, 0.15) is 42.7 Å². The topological polar surface area (TPSA) is 42.0 Å². The molecule has 0 radical (unpaired) electrons. The first kappa shape index (κ1) is 14.0. The Labute approximate surface area is 140 Å². The van der Waals surface area contributed by atoms with E-state index in [-0.39, 0.29) is 11.3 Å². The summed E-state index contributed by atoms with van der Waals surface area (Å²) in [5, 5.41) is 4.36. The van der Waals surface area contributed by atoms with Gasteiger partial charge in [0.05, 0.1) is 20.8 Å². The first-order valence-electron chi connectivity index (χ1n) is 8.72. The second-order valence-corrected chi connectivity index (χ2v) is 9.28. The molecule has 2 atom stereocenters. The average Bonchev–Trinajstić information content (AvgIpc) is 3.10. The molecule has 4 heteroatoms. The standard InChI is InChI=1S/C19H22N2OS/c1-10-3-4-15-17(20-11(2)23-15)16(10)21-18(22)19-7-12-5-13(8-19)14(6-12)9-19/h3-4,12-14H,5-9H2,1-2H3,(H,21,22). The van der Waals surface area contributed by atoms with E-state index in [1.54, 1.807) is 11.3 Å². The third-order valence-electron chi connectivity index (χ3n) is 6.52. The molecular weight excluding hydrogens is 304 g/mol. The van der Waals surface area contributed by atoms with Gasteiger partial charge in [-0.1, -0.05) is 6.07 Å². The predicted octanol–water partition coefficient (Wildman–Crippen LogP) is 4.68. The van der Waals surface area contributed by atoms with E-state index in [0.29, 0.717) is 0 Å². The number of rotatable bonds is 2. The number of aryl methyl sites for hydroxylation is 2. The smallest absolute Gasteiger partial charge is 0.230 e. The predicted molar refractivity (Wildman–Crippen MR) is 93.7 cm³/mol. The highest BCUT2D eigenvalue weighted by Crippen LogP contribution is 2.64. The molecule has 2 unspecified atom stereocenters. The molecule has 23 heavy (non-hydrogen) atoms. The third-order valence-corrected chi connectivity index (χ3v) is 7.46. The zero-order valence-corrected chi connectivity index (χ0v) is 14.5. The minimum absolute atomic E-state index is 0.0871. The molecular formula is C19H22N2OS. The van der Waals surface area contributed by atoms with E-state index in [1.807, 2.05) is 6.92 Å². The summed E-state index contributed by atoms with van der Waals surface area (Å²) in [6.07, 6.45) is 6.09. The molecule has 2 aromatic rings. The molecule has 0 saturated heterocycles. The Kier molecular flexibility index (Phi) is 2.77. The molecule has 1 heterocycles. The molecule has 1 amide bonds. The summed E-state index contributed by atoms with van der Waals surface area (Å²) in [7, 11) is 0. The van der Waals surface area contributed by atoms with Crippen LogP contribution in [-0.2, 0) is 4.79 Å². The summed E-state index contributed by atoms with van der Waals surface area (Å²) < 4.78 is 1.16. The maximum Gasteiger partial charge on any atom is 0.230 e. The molecule has 0 aliphatic heterocycles. The van der Waals surface area contributed by atoms with Crippen molar-refractivity contribution in [1.29, 1.82) is 0 Å². The first-order chi connectivity index (χ1) is 11.0. The Balaban J connectivity index is 1.50. The number of carbonyl (C=O) groups excluding carboxylic acids is 1. The third kappa shape index (κ3) is 1.94. The molecule has 6 rings (SSSR count). The number of fused-ring (bicyclic) bond motifs is 1. The highest BCUT2D eigenvalue weighted by atomic mass is 32.1. The van der Waals surface area contributed by atoms with Crippen LogP contribution in [0.5, 0.6) is 0 Å². The SMILES string of the molecule is Cc1nc2c(NC(=O)C34CC5CC(C3)C(C5)C4)c(C)ccc2s1. The maximum absolute atomic E-state index is 13.2. The van der Waals surface area contributed by atoms with Gasteiger partial charge in [0.1, 0.15) is 5.52 Å². The number of carbonyl (C=O) groups is 1. The van der Waals surface area contributed by atoms with Gasteiger partial charge in [0.25, 0.3) is 0 Å². The summed E-state index contributed by atoms with van der Waals surface area (Å²) in [4.78, 5) is 17.8. The van der Waals surface area contributed by atoms with Gasteiger partial charge in [-0.2, -0.15) is 0 Å². The number of thiazole rings is 1. The quantitative estimate of drug-likeness (QED) is 0.871. The zero-order chi connectivity index (χ0) is 15.8. The van der Waals surface area contributed by atoms with Gasteiger partial charge in [-0.25, -0.2) is 4.98 Å². The number of anilines is 1. The van der Waals surface area contributed by atoms with Gasteiger partial charge in [-0.3, -0.25) is 4.79 Å². The highest BCUT2D eigenvalue weighted by Gasteiger charge is 2.59. The molecule has 1 aromatic heterocycles. The second-order valence-electron chi connectivity index (χ2n) is 8.04. The van der Waals surface area contributed by atoms with Gasteiger partial charge in [0.15, 0.2) is 0 Å². The van der Waals surface area contributed by atoms with Crippen molar-refractivity contribution < 1.29 is 4.79 Å². The van der Waals surface area contributed by atoms with E-state index in [1.165, 1.54) is 12.8 Å². The van der Waals surface area contributed by atoms with Crippen molar-refractivity contribution in [2.24, 2.45) is 23.2 Å². The van der Waals surface area contributed by atoms with Crippen molar-refractivity contribution in [3.05, 3.63) is 22.7 Å². The number of hydrogen-bond donors (Lipinski definition) is 1. The van der Waals surface area contributed by atoms with Crippen LogP contribution in [0.15, 0.2) is 12.1 Å². The van der Waals surface area contributed by atoms with Crippen molar-refractivity contribution in [3.8, 4) is 0 Å². The molecule has 4 aliphatic carbocycles. The van der Waals surface area contributed by atoms with Crippen LogP contribution in [0.25, 0.3) is 10.2 Å². The minimum atomic E-state index is -0.0871. The number of aromatic nitrogens is 1. The Morgan fingerprint density at radius 2 is 1.96 bits per heavy atom. The fourth-order valence-electron chi connectivity index (χ4n) is 5.70. The lowest BCUT2D eigenvalue weighted by Crippen LogP contribution is -2.39. The van der Waals surface area contributed by atoms with Crippen LogP contribution < -0.4 is 5.32 Å². The summed E-state index contributed by atoms with van der Waals surface area (Å²) >= 11 is 1.70. The van der Waals surface area contributed by atoms with Crippen molar-refractivity contribution >= 4 is 33.1 Å². The van der Waals surface area contributed by atoms with Crippen LogP contribution in [0, 0.1) is 37.0 Å². The number of amides is 1. The van der Waals surface area contributed by atoms with Gasteiger partial charge in [0.2, 0.25) is 5.91 Å². The summed E-state index contributed by atoms with van der Waals surface area (Å²) in [5.74, 6) is 2.70. The van der Waals surface area contributed by atoms with Crippen LogP contribution in [0.4, 0.5) is 5.69 Å². The van der Waals surface area contributed by atoms with Crippen LogP contribution in [0.3, 0.4) is 0 Å². The van der Waals surface area contributed by atoms with E-state index < -0.39 is 0 Å². The van der Waals surface area contributed by atoms with E-state index >= 15 is 0 Å². The van der Waals surface area contributed by atoms with Gasteiger partial charge >= 0.3 is 0 Å². The lowest BCUT2D eigenvalue weighted by molar-refractivity contribution is -0.128. The fraction of sp³-hybridized carbons (Fsp3) is 0.579. The molecule has 3 nitrogen and oxygen atoms in total. The largest absolute Gasteiger partial charge is 0.323 e. The van der Waals surface area contributed by atoms with Crippen LogP contribution >= 0.6 is 11.3 Å². The van der Waals surface area contributed by atoms with Gasteiger partial charge in [-0.15, -0.1) is 11.3 Å². The molecule has 1 N–H and O–H groups in total. The van der Waals surface area contributed by atoms with E-state index in [4.69, 9.17) is 0 Å². The normalized spacial score (nSPS) is 34.4. The Morgan fingerprint density at radius 3 is 2.65 bits per heavy atom. The van der Waals surface area contributed by atoms with Crippen molar-refractivity contribution in [2.45, 2.75) is 46.0 Å². The fourth-order valence-corrected chi connectivity index (χ4v) is 6.53. The van der Waals surface area contributed by atoms with E-state index in [9.17, 15) is 4.79 Å². The zero-order valence-electron chi connectivity index (χ0n) is 13.7. The molecule has 0 spiro atoms. The lowest BCUT2D eigenvalue weighted by Gasteiger charge is -2.37. The van der Waals surface area contributed by atoms with E-state index in [0.717, 1.165) is 63.5 Å². The Bertz CT molecular complexity index is 805. The van der Waals surface area contributed by atoms with Gasteiger partial charge in [-0.05, 0) is 75.3 Å². The Morgan fingerprint density at radius 1 is 1.22 bits per heavy atom. The van der Waals surface area contributed by atoms with Crippen LogP contribution in [-0.4, -0.2) is 10.9 Å². The molecule has 4 aliphatic rings. The number of hydrogen-bond acceptors (Lipinski definition) is 3. The van der Waals surface area contributed by atoms with Gasteiger partial charge in [0, 0.05) is 0 Å². The number of benzene rings is 1. The summed E-state index contributed by atoms with van der Waals surface area (Å²) in [6.45, 7) is 4.09. The van der Waals surface area contributed by atoms with Crippen LogP contribution in [0.2, 0.25) is 0 Å². The van der Waals surface area contributed by atoms with Gasteiger partial charge < -0.3 is 5.32 Å². The molecule has 4 bridgehead atoms. The van der Waals surface area contributed by atoms with Crippen molar-refractivity contribution in [2.75, 3.05) is 5.32 Å². The summed E-state index contributed by atoms with van der Waals surface area (Å²) in [6, 6.07) is 4.22. The molecule has 120 valence electrons. The Hall–Kier alpha value is -1.42. The molecule has 4 saturated carbocycles. The monoisotopic (exact) mass is 326 g/mol. The molecule has 1 aromatic carbocycles. The van der Waals surface area contributed by atoms with Crippen molar-refractivity contribution in [1.82, 2.24) is 4.98 Å². The molecule has 4 fully saturated rings. The number of nitrogens with zero attached hydrogens (tertiary/aromatic N) is 1. The summed E-state index contributed by atoms with van der Waals surface area (Å²) in [5.41, 5.74) is 2.93. The average molecular weight is 326 g/mol. The van der Waals surface area contributed by atoms with E-state index in [2.05, 4.69) is 29.4 Å². The first-order valence-corrected chi connectivity index (χ1v) is 9.54. The second kappa shape index (κ2) is 4.56. The highest BCUT2D eigenvalue weighted by molar-refractivity contribution is 7.18. The maximum atomic E-state index is 13.2.